The molecule has 4 nitrogen and oxygen atoms in total. The molecule has 16 heavy (non-hydrogen) atoms. The topological polar surface area (TPSA) is 47.8 Å². The van der Waals surface area contributed by atoms with Crippen LogP contribution in [0.1, 0.15) is 16.1 Å². The van der Waals surface area contributed by atoms with Gasteiger partial charge in [0.15, 0.2) is 0 Å². The van der Waals surface area contributed by atoms with E-state index in [-0.39, 0.29) is 5.78 Å². The maximum Gasteiger partial charge on any atom is 0.214 e. The smallest absolute Gasteiger partial charge is 0.214 e. The lowest BCUT2D eigenvalue weighted by atomic mass is 10.1. The molecule has 1 aromatic carbocycles. The van der Waals surface area contributed by atoms with Gasteiger partial charge in [0.1, 0.15) is 5.69 Å². The van der Waals surface area contributed by atoms with Crippen LogP contribution in [0.15, 0.2) is 28.9 Å². The van der Waals surface area contributed by atoms with Crippen LogP contribution in [0.2, 0.25) is 5.02 Å². The second-order valence-electron chi connectivity index (χ2n) is 3.20. The number of hydrogen-bond donors (Lipinski definition) is 0. The van der Waals surface area contributed by atoms with E-state index in [1.807, 2.05) is 0 Å². The molecule has 0 fully saturated rings. The summed E-state index contributed by atoms with van der Waals surface area (Å²) < 4.78 is 2.25. The molecule has 0 spiro atoms. The van der Waals surface area contributed by atoms with E-state index >= 15 is 0 Å². The number of halogens is 2. The monoisotopic (exact) mass is 299 g/mol. The molecule has 0 aliphatic carbocycles. The van der Waals surface area contributed by atoms with Crippen molar-refractivity contribution in [3.8, 4) is 0 Å². The molecule has 82 valence electrons. The lowest BCUT2D eigenvalue weighted by molar-refractivity contribution is 0.103. The van der Waals surface area contributed by atoms with E-state index in [0.29, 0.717) is 16.3 Å². The molecular weight excluding hydrogens is 293 g/mol. The minimum atomic E-state index is -0.190. The van der Waals surface area contributed by atoms with Gasteiger partial charge in [-0.15, -0.1) is 5.10 Å². The largest absolute Gasteiger partial charge is 0.287 e. The summed E-state index contributed by atoms with van der Waals surface area (Å²) in [5.41, 5.74) is 0.847. The Balaban J connectivity index is 2.46. The molecule has 1 heterocycles. The minimum absolute atomic E-state index is 0.190. The molecule has 0 aliphatic heterocycles. The number of ketones is 1. The van der Waals surface area contributed by atoms with Gasteiger partial charge in [-0.25, -0.2) is 4.68 Å². The molecule has 1 aromatic heterocycles. The predicted octanol–water partition coefficient (Wildman–Crippen LogP) is 2.46. The summed E-state index contributed by atoms with van der Waals surface area (Å²) in [6.45, 7) is 0. The second kappa shape index (κ2) is 4.35. The number of rotatable bonds is 2. The molecule has 0 radical (unpaired) electrons. The van der Waals surface area contributed by atoms with Crippen molar-refractivity contribution >= 4 is 33.3 Å². The summed E-state index contributed by atoms with van der Waals surface area (Å²) in [6.07, 6.45) is 1.42. The van der Waals surface area contributed by atoms with Gasteiger partial charge in [0.2, 0.25) is 5.78 Å². The van der Waals surface area contributed by atoms with Gasteiger partial charge in [0, 0.05) is 17.1 Å². The van der Waals surface area contributed by atoms with Crippen LogP contribution < -0.4 is 0 Å². The van der Waals surface area contributed by atoms with E-state index in [1.54, 1.807) is 25.2 Å². The highest BCUT2D eigenvalue weighted by Gasteiger charge is 2.16. The first-order valence-electron chi connectivity index (χ1n) is 4.44. The van der Waals surface area contributed by atoms with Crippen LogP contribution in [0.4, 0.5) is 0 Å². The van der Waals surface area contributed by atoms with Crippen molar-refractivity contribution in [3.05, 3.63) is 45.1 Å². The third-order valence-corrected chi connectivity index (χ3v) is 2.93. The van der Waals surface area contributed by atoms with Crippen LogP contribution in [0.25, 0.3) is 0 Å². The molecule has 6 heteroatoms. The van der Waals surface area contributed by atoms with Gasteiger partial charge >= 0.3 is 0 Å². The highest BCUT2D eigenvalue weighted by Crippen LogP contribution is 2.23. The average Bonchev–Trinajstić information content (AvgIpc) is 2.63. The van der Waals surface area contributed by atoms with Crippen molar-refractivity contribution in [2.75, 3.05) is 0 Å². The zero-order valence-electron chi connectivity index (χ0n) is 8.32. The molecule has 0 N–H and O–H groups in total. The van der Waals surface area contributed by atoms with Crippen LogP contribution >= 0.6 is 27.5 Å². The summed E-state index contributed by atoms with van der Waals surface area (Å²) in [6, 6.07) is 5.11. The van der Waals surface area contributed by atoms with Crippen molar-refractivity contribution in [2.24, 2.45) is 7.05 Å². The Morgan fingerprint density at radius 2 is 2.25 bits per heavy atom. The normalized spacial score (nSPS) is 10.4. The Labute approximate surface area is 105 Å². The summed E-state index contributed by atoms with van der Waals surface area (Å²) in [7, 11) is 1.66. The number of aryl methyl sites for hydroxylation is 1. The van der Waals surface area contributed by atoms with E-state index in [1.165, 1.54) is 10.9 Å². The SMILES string of the molecule is Cn1nncc1C(=O)c1ccc(Br)cc1Cl. The Kier molecular flexibility index (Phi) is 3.07. The van der Waals surface area contributed by atoms with E-state index in [2.05, 4.69) is 26.2 Å². The average molecular weight is 301 g/mol. The quantitative estimate of drug-likeness (QED) is 0.801. The predicted molar refractivity (Wildman–Crippen MR) is 63.6 cm³/mol. The Morgan fingerprint density at radius 3 is 2.81 bits per heavy atom. The first-order valence-corrected chi connectivity index (χ1v) is 5.61. The van der Waals surface area contributed by atoms with Crippen molar-refractivity contribution in [2.45, 2.75) is 0 Å². The molecule has 0 bridgehead atoms. The summed E-state index contributed by atoms with van der Waals surface area (Å²) in [4.78, 5) is 12.1. The zero-order valence-corrected chi connectivity index (χ0v) is 10.7. The highest BCUT2D eigenvalue weighted by atomic mass is 79.9. The molecular formula is C10H7BrClN3O. The van der Waals surface area contributed by atoms with Crippen molar-refractivity contribution in [3.63, 3.8) is 0 Å². The second-order valence-corrected chi connectivity index (χ2v) is 4.52. The fourth-order valence-electron chi connectivity index (χ4n) is 1.31. The fourth-order valence-corrected chi connectivity index (χ4v) is 2.07. The Morgan fingerprint density at radius 1 is 1.50 bits per heavy atom. The molecule has 0 amide bonds. The summed E-state index contributed by atoms with van der Waals surface area (Å²) >= 11 is 9.28. The zero-order chi connectivity index (χ0) is 11.7. The van der Waals surface area contributed by atoms with E-state index in [0.717, 1.165) is 4.47 Å². The van der Waals surface area contributed by atoms with Gasteiger partial charge in [0.25, 0.3) is 0 Å². The lowest BCUT2D eigenvalue weighted by Crippen LogP contribution is -2.08. The highest BCUT2D eigenvalue weighted by molar-refractivity contribution is 9.10. The van der Waals surface area contributed by atoms with E-state index in [9.17, 15) is 4.79 Å². The van der Waals surface area contributed by atoms with Crippen molar-refractivity contribution in [1.29, 1.82) is 0 Å². The molecule has 0 unspecified atom stereocenters. The van der Waals surface area contributed by atoms with Crippen LogP contribution in [0.5, 0.6) is 0 Å². The molecule has 0 saturated carbocycles. The third-order valence-electron chi connectivity index (χ3n) is 2.12. The lowest BCUT2D eigenvalue weighted by Gasteiger charge is -2.03. The maximum absolute atomic E-state index is 12.1. The fraction of sp³-hybridized carbons (Fsp3) is 0.100. The molecule has 2 aromatic rings. The molecule has 2 rings (SSSR count). The van der Waals surface area contributed by atoms with Crippen LogP contribution in [0, 0.1) is 0 Å². The third kappa shape index (κ3) is 2.01. The van der Waals surface area contributed by atoms with Gasteiger partial charge in [-0.05, 0) is 18.2 Å². The van der Waals surface area contributed by atoms with E-state index < -0.39 is 0 Å². The van der Waals surface area contributed by atoms with Crippen LogP contribution in [-0.4, -0.2) is 20.8 Å². The summed E-state index contributed by atoms with van der Waals surface area (Å²) in [5, 5.41) is 7.76. The molecule has 0 aliphatic rings. The first kappa shape index (κ1) is 11.3. The van der Waals surface area contributed by atoms with Crippen LogP contribution in [0.3, 0.4) is 0 Å². The number of hydrogen-bond acceptors (Lipinski definition) is 3. The number of carbonyl (C=O) groups is 1. The Bertz CT molecular complexity index is 553. The minimum Gasteiger partial charge on any atom is -0.287 e. The Hall–Kier alpha value is -1.20. The van der Waals surface area contributed by atoms with Gasteiger partial charge < -0.3 is 0 Å². The van der Waals surface area contributed by atoms with Gasteiger partial charge in [0.05, 0.1) is 11.2 Å². The van der Waals surface area contributed by atoms with E-state index in [4.69, 9.17) is 11.6 Å². The van der Waals surface area contributed by atoms with Crippen molar-refractivity contribution < 1.29 is 4.79 Å². The molecule has 0 saturated heterocycles. The standard InChI is InChI=1S/C10H7BrClN3O/c1-15-9(5-13-14-15)10(16)7-3-2-6(11)4-8(7)12/h2-5H,1H3. The first-order chi connectivity index (χ1) is 7.59. The van der Waals surface area contributed by atoms with Crippen LogP contribution in [-0.2, 0) is 7.05 Å². The van der Waals surface area contributed by atoms with Gasteiger partial charge in [-0.3, -0.25) is 4.79 Å². The summed E-state index contributed by atoms with van der Waals surface area (Å²) in [5.74, 6) is -0.190. The van der Waals surface area contributed by atoms with Crippen molar-refractivity contribution in [1.82, 2.24) is 15.0 Å². The van der Waals surface area contributed by atoms with Gasteiger partial charge in [-0.1, -0.05) is 32.7 Å². The maximum atomic E-state index is 12.1. The number of carbonyl (C=O) groups excluding carboxylic acids is 1. The number of aromatic nitrogens is 3. The number of nitrogens with zero attached hydrogens (tertiary/aromatic N) is 3. The van der Waals surface area contributed by atoms with Gasteiger partial charge in [-0.2, -0.15) is 0 Å². The molecule has 0 atom stereocenters. The number of benzene rings is 1.